The van der Waals surface area contributed by atoms with E-state index < -0.39 is 42.1 Å². The smallest absolute Gasteiger partial charge is 0.265 e. The Morgan fingerprint density at radius 2 is 1.90 bits per heavy atom. The molecule has 0 saturated carbocycles. The number of benzene rings is 1. The number of hydrogen-bond acceptors (Lipinski definition) is 3. The molecule has 0 spiro atoms. The van der Waals surface area contributed by atoms with Crippen LogP contribution in [0, 0.1) is 17.6 Å². The van der Waals surface area contributed by atoms with Crippen molar-refractivity contribution in [3.05, 3.63) is 28.3 Å². The molecule has 0 heterocycles. The van der Waals surface area contributed by atoms with Crippen LogP contribution in [0.5, 0.6) is 0 Å². The van der Waals surface area contributed by atoms with Gasteiger partial charge < -0.3 is 4.90 Å². The topological polar surface area (TPSA) is 54.5 Å². The Labute approximate surface area is 131 Å². The number of carbonyl (C=O) groups excluding carboxylic acids is 1. The largest absolute Gasteiger partial charge is 0.341 e. The molecule has 1 rings (SSSR count). The van der Waals surface area contributed by atoms with Crippen LogP contribution in [0.3, 0.4) is 0 Å². The summed E-state index contributed by atoms with van der Waals surface area (Å²) in [5.41, 5.74) is -0.460. The molecule has 0 radical (unpaired) electrons. The van der Waals surface area contributed by atoms with Gasteiger partial charge in [0.2, 0.25) is 0 Å². The Morgan fingerprint density at radius 1 is 1.38 bits per heavy atom. The lowest BCUT2D eigenvalue weighted by Crippen LogP contribution is -2.31. The highest BCUT2D eigenvalue weighted by molar-refractivity contribution is 8.13. The van der Waals surface area contributed by atoms with E-state index in [1.807, 2.05) is 13.8 Å². The number of hydrogen-bond donors (Lipinski definition) is 0. The quantitative estimate of drug-likeness (QED) is 0.612. The summed E-state index contributed by atoms with van der Waals surface area (Å²) in [6, 6.07) is 0.558. The molecule has 0 saturated heterocycles. The van der Waals surface area contributed by atoms with Gasteiger partial charge in [-0.05, 0) is 12.0 Å². The van der Waals surface area contributed by atoms with E-state index in [2.05, 4.69) is 0 Å². The molecule has 4 nitrogen and oxygen atoms in total. The zero-order chi connectivity index (χ0) is 16.5. The predicted octanol–water partition coefficient (Wildman–Crippen LogP) is 3.27. The van der Waals surface area contributed by atoms with E-state index in [-0.39, 0.29) is 5.92 Å². The Bertz CT molecular complexity index is 678. The number of carbonyl (C=O) groups is 1. The summed E-state index contributed by atoms with van der Waals surface area (Å²) in [6.07, 6.45) is 0. The summed E-state index contributed by atoms with van der Waals surface area (Å²) in [7, 11) is 1.84. The molecule has 0 aromatic heterocycles. The lowest BCUT2D eigenvalue weighted by molar-refractivity contribution is 0.0778. The van der Waals surface area contributed by atoms with Crippen LogP contribution in [0.1, 0.15) is 24.2 Å². The van der Waals surface area contributed by atoms with Crippen molar-refractivity contribution in [2.24, 2.45) is 5.92 Å². The summed E-state index contributed by atoms with van der Waals surface area (Å²) in [5.74, 6) is -3.83. The van der Waals surface area contributed by atoms with Crippen LogP contribution >= 0.6 is 22.3 Å². The SMILES string of the molecule is CC(C)CN(C)C(=O)c1cc(F)c(F)c(S(=O)(=O)Cl)c1Cl. The number of amides is 1. The molecule has 0 fully saturated rings. The third kappa shape index (κ3) is 4.05. The van der Waals surface area contributed by atoms with E-state index in [1.165, 1.54) is 11.9 Å². The normalized spacial score (nSPS) is 11.8. The first-order valence-corrected chi connectivity index (χ1v) is 8.53. The van der Waals surface area contributed by atoms with Crippen LogP contribution in [0.4, 0.5) is 8.78 Å². The van der Waals surface area contributed by atoms with Crippen molar-refractivity contribution >= 4 is 37.2 Å². The van der Waals surface area contributed by atoms with Crippen LogP contribution < -0.4 is 0 Å². The van der Waals surface area contributed by atoms with Gasteiger partial charge in [-0.1, -0.05) is 25.4 Å². The monoisotopic (exact) mass is 359 g/mol. The van der Waals surface area contributed by atoms with Crippen LogP contribution in [0.2, 0.25) is 5.02 Å². The fraction of sp³-hybridized carbons (Fsp3) is 0.417. The predicted molar refractivity (Wildman–Crippen MR) is 76.2 cm³/mol. The minimum atomic E-state index is -4.64. The fourth-order valence-corrected chi connectivity index (χ4v) is 3.50. The molecule has 0 aliphatic carbocycles. The van der Waals surface area contributed by atoms with Crippen molar-refractivity contribution in [2.75, 3.05) is 13.6 Å². The molecular formula is C12H13Cl2F2NO3S. The van der Waals surface area contributed by atoms with E-state index in [4.69, 9.17) is 22.3 Å². The molecule has 0 aliphatic heterocycles. The average Bonchev–Trinajstić information content (AvgIpc) is 2.30. The first kappa shape index (κ1) is 18.1. The van der Waals surface area contributed by atoms with Gasteiger partial charge in [0.15, 0.2) is 11.6 Å². The molecule has 9 heteroatoms. The van der Waals surface area contributed by atoms with Crippen LogP contribution in [-0.4, -0.2) is 32.8 Å². The van der Waals surface area contributed by atoms with Gasteiger partial charge in [-0.15, -0.1) is 0 Å². The maximum atomic E-state index is 13.6. The fourth-order valence-electron chi connectivity index (χ4n) is 1.79. The number of nitrogens with zero attached hydrogens (tertiary/aromatic N) is 1. The summed E-state index contributed by atoms with van der Waals surface area (Å²) in [5, 5.41) is -0.732. The van der Waals surface area contributed by atoms with Crippen molar-refractivity contribution in [2.45, 2.75) is 18.7 Å². The van der Waals surface area contributed by atoms with Gasteiger partial charge in [0.05, 0.1) is 10.6 Å². The van der Waals surface area contributed by atoms with Gasteiger partial charge in [-0.25, -0.2) is 17.2 Å². The van der Waals surface area contributed by atoms with E-state index in [9.17, 15) is 22.0 Å². The van der Waals surface area contributed by atoms with Crippen molar-refractivity contribution in [3.63, 3.8) is 0 Å². The molecule has 21 heavy (non-hydrogen) atoms. The first-order valence-electron chi connectivity index (χ1n) is 5.84. The van der Waals surface area contributed by atoms with E-state index >= 15 is 0 Å². The molecule has 0 unspecified atom stereocenters. The average molecular weight is 360 g/mol. The van der Waals surface area contributed by atoms with Crippen LogP contribution in [-0.2, 0) is 9.05 Å². The molecule has 0 bridgehead atoms. The van der Waals surface area contributed by atoms with Gasteiger partial charge in [0, 0.05) is 24.3 Å². The highest BCUT2D eigenvalue weighted by atomic mass is 35.7. The molecule has 0 N–H and O–H groups in total. The summed E-state index contributed by atoms with van der Waals surface area (Å²) < 4.78 is 49.7. The van der Waals surface area contributed by atoms with Gasteiger partial charge in [0.1, 0.15) is 4.90 Å². The Kier molecular flexibility index (Phi) is 5.57. The van der Waals surface area contributed by atoms with Gasteiger partial charge in [0.25, 0.3) is 15.0 Å². The highest BCUT2D eigenvalue weighted by Gasteiger charge is 2.29. The zero-order valence-corrected chi connectivity index (χ0v) is 13.8. The van der Waals surface area contributed by atoms with Crippen molar-refractivity contribution in [1.82, 2.24) is 4.90 Å². The maximum Gasteiger partial charge on any atom is 0.265 e. The molecule has 1 aromatic carbocycles. The first-order chi connectivity index (χ1) is 9.46. The summed E-state index contributed by atoms with van der Waals surface area (Å²) >= 11 is 5.73. The molecular weight excluding hydrogens is 347 g/mol. The Balaban J connectivity index is 3.46. The van der Waals surface area contributed by atoms with Gasteiger partial charge >= 0.3 is 0 Å². The summed E-state index contributed by atoms with van der Waals surface area (Å²) in [6.45, 7) is 4.04. The lowest BCUT2D eigenvalue weighted by Gasteiger charge is -2.20. The highest BCUT2D eigenvalue weighted by Crippen LogP contribution is 2.33. The standard InChI is InChI=1S/C12H13Cl2F2NO3S/c1-6(2)5-17(3)12(18)7-4-8(15)10(16)11(9(7)13)21(14,19)20/h4,6H,5H2,1-3H3. The van der Waals surface area contributed by atoms with E-state index in [0.29, 0.717) is 12.6 Å². The maximum absolute atomic E-state index is 13.6. The van der Waals surface area contributed by atoms with E-state index in [0.717, 1.165) is 0 Å². The van der Waals surface area contributed by atoms with Gasteiger partial charge in [-0.3, -0.25) is 4.79 Å². The molecule has 1 aromatic rings. The molecule has 1 amide bonds. The second-order valence-electron chi connectivity index (χ2n) is 4.88. The van der Waals surface area contributed by atoms with Crippen molar-refractivity contribution in [3.8, 4) is 0 Å². The Hall–Kier alpha value is -0.920. The molecule has 0 aliphatic rings. The molecule has 0 atom stereocenters. The van der Waals surface area contributed by atoms with Crippen LogP contribution in [0.15, 0.2) is 11.0 Å². The van der Waals surface area contributed by atoms with Crippen LogP contribution in [0.25, 0.3) is 0 Å². The second kappa shape index (κ2) is 6.46. The minimum absolute atomic E-state index is 0.124. The minimum Gasteiger partial charge on any atom is -0.341 e. The lowest BCUT2D eigenvalue weighted by atomic mass is 10.1. The van der Waals surface area contributed by atoms with Crippen molar-refractivity contribution in [1.29, 1.82) is 0 Å². The Morgan fingerprint density at radius 3 is 2.33 bits per heavy atom. The molecule has 118 valence electrons. The van der Waals surface area contributed by atoms with Crippen molar-refractivity contribution < 1.29 is 22.0 Å². The van der Waals surface area contributed by atoms with E-state index in [1.54, 1.807) is 0 Å². The second-order valence-corrected chi connectivity index (χ2v) is 7.76. The number of rotatable bonds is 4. The zero-order valence-electron chi connectivity index (χ0n) is 11.5. The third-order valence-electron chi connectivity index (χ3n) is 2.58. The third-order valence-corrected chi connectivity index (χ3v) is 4.41. The van der Waals surface area contributed by atoms with Gasteiger partial charge in [-0.2, -0.15) is 0 Å². The number of halogens is 4. The summed E-state index contributed by atoms with van der Waals surface area (Å²) in [4.78, 5) is 12.2.